The third kappa shape index (κ3) is 9.34. The van der Waals surface area contributed by atoms with Crippen LogP contribution in [0.1, 0.15) is 82.9 Å². The van der Waals surface area contributed by atoms with Crippen LogP contribution in [0, 0.1) is 18.3 Å². The van der Waals surface area contributed by atoms with Crippen molar-refractivity contribution in [1.29, 1.82) is 5.41 Å². The maximum absolute atomic E-state index is 14.9. The highest BCUT2D eigenvalue weighted by atomic mass is 19.1. The minimum Gasteiger partial charge on any atom is -0.386 e. The number of aryl methyl sites for hydroxylation is 1. The van der Waals surface area contributed by atoms with Gasteiger partial charge >= 0.3 is 0 Å². The lowest BCUT2D eigenvalue weighted by Crippen LogP contribution is -2.28. The van der Waals surface area contributed by atoms with Gasteiger partial charge in [-0.05, 0) is 94.2 Å². The van der Waals surface area contributed by atoms with Crippen LogP contribution < -0.4 is 10.6 Å². The Morgan fingerprint density at radius 1 is 1.29 bits per heavy atom. The van der Waals surface area contributed by atoms with Crippen LogP contribution in [0.25, 0.3) is 0 Å². The van der Waals surface area contributed by atoms with E-state index in [0.29, 0.717) is 29.8 Å². The Bertz CT molecular complexity index is 894. The number of hydrogen-bond acceptors (Lipinski definition) is 4. The van der Waals surface area contributed by atoms with Crippen LogP contribution >= 0.6 is 0 Å². The largest absolute Gasteiger partial charge is 0.386 e. The fraction of sp³-hybridized carbons (Fsp3) is 0.552. The summed E-state index contributed by atoms with van der Waals surface area (Å²) >= 11 is 0. The lowest BCUT2D eigenvalue weighted by atomic mass is 9.79. The van der Waals surface area contributed by atoms with Crippen molar-refractivity contribution in [3.8, 4) is 0 Å². The molecule has 0 fully saturated rings. The summed E-state index contributed by atoms with van der Waals surface area (Å²) in [6.45, 7) is 16.7. The summed E-state index contributed by atoms with van der Waals surface area (Å²) in [6, 6.07) is 3.99. The smallest absolute Gasteiger partial charge is 0.130 e. The SMILES string of the molecule is C=CC(F)(CC)CCC(C)C(CNCCC)c1cc(C=N)c(NC(=C/C)/C=C(/F)C(C)O)cc1C. The van der Waals surface area contributed by atoms with E-state index in [9.17, 15) is 13.9 Å². The number of anilines is 1. The molecule has 4 nitrogen and oxygen atoms in total. The van der Waals surface area contributed by atoms with Crippen LogP contribution in [0.3, 0.4) is 0 Å². The minimum absolute atomic E-state index is 0.147. The zero-order chi connectivity index (χ0) is 26.6. The molecule has 35 heavy (non-hydrogen) atoms. The van der Waals surface area contributed by atoms with E-state index >= 15 is 0 Å². The standard InChI is InChI=1S/C29H45F2N3O/c1-8-14-33-19-26(20(5)12-13-29(31,10-3)11-4)25-16-23(18-32)28(15-21(25)6)34-24(9-2)17-27(30)22(7)35/h9-10,15-18,20,22,26,32-35H,3,8,11-14,19H2,1-2,4-7H3/b24-9+,27-17+,32-18?. The van der Waals surface area contributed by atoms with Crippen molar-refractivity contribution in [3.63, 3.8) is 0 Å². The molecule has 0 amide bonds. The number of halogens is 2. The van der Waals surface area contributed by atoms with Gasteiger partial charge in [-0.1, -0.05) is 39.5 Å². The van der Waals surface area contributed by atoms with Gasteiger partial charge in [-0.25, -0.2) is 8.78 Å². The first-order valence-corrected chi connectivity index (χ1v) is 12.7. The summed E-state index contributed by atoms with van der Waals surface area (Å²) in [5, 5.41) is 24.2. The molecular formula is C29H45F2N3O. The molecule has 6 heteroatoms. The summed E-state index contributed by atoms with van der Waals surface area (Å²) in [4.78, 5) is 0. The molecule has 0 heterocycles. The summed E-state index contributed by atoms with van der Waals surface area (Å²) in [7, 11) is 0. The molecule has 4 atom stereocenters. The normalized spacial score (nSPS) is 16.8. The van der Waals surface area contributed by atoms with Crippen molar-refractivity contribution >= 4 is 11.9 Å². The van der Waals surface area contributed by atoms with E-state index in [1.807, 2.05) is 26.0 Å². The molecule has 1 aromatic rings. The molecule has 4 unspecified atom stereocenters. The zero-order valence-electron chi connectivity index (χ0n) is 22.3. The lowest BCUT2D eigenvalue weighted by molar-refractivity contribution is 0.188. The van der Waals surface area contributed by atoms with Crippen molar-refractivity contribution in [3.05, 3.63) is 65.2 Å². The van der Waals surface area contributed by atoms with Gasteiger partial charge in [0.1, 0.15) is 17.6 Å². The topological polar surface area (TPSA) is 68.1 Å². The van der Waals surface area contributed by atoms with E-state index < -0.39 is 17.6 Å². The summed E-state index contributed by atoms with van der Waals surface area (Å²) in [6.07, 6.45) is 7.10. The Morgan fingerprint density at radius 2 is 1.97 bits per heavy atom. The molecule has 0 bridgehead atoms. The number of aliphatic hydroxyl groups excluding tert-OH is 1. The molecule has 0 saturated heterocycles. The van der Waals surface area contributed by atoms with Crippen molar-refractivity contribution in [1.82, 2.24) is 5.32 Å². The number of nitrogens with one attached hydrogen (secondary N) is 3. The predicted octanol–water partition coefficient (Wildman–Crippen LogP) is 7.35. The highest BCUT2D eigenvalue weighted by Crippen LogP contribution is 2.35. The van der Waals surface area contributed by atoms with Crippen molar-refractivity contribution < 1.29 is 13.9 Å². The van der Waals surface area contributed by atoms with E-state index in [-0.39, 0.29) is 11.8 Å². The fourth-order valence-corrected chi connectivity index (χ4v) is 4.13. The Labute approximate surface area is 211 Å². The Morgan fingerprint density at radius 3 is 2.49 bits per heavy atom. The molecule has 1 aromatic carbocycles. The maximum atomic E-state index is 14.9. The third-order valence-electron chi connectivity index (χ3n) is 6.72. The molecule has 0 aliphatic carbocycles. The number of benzene rings is 1. The van der Waals surface area contributed by atoms with Crippen LogP contribution in [0.5, 0.6) is 0 Å². The van der Waals surface area contributed by atoms with Crippen LogP contribution in [0.4, 0.5) is 14.5 Å². The predicted molar refractivity (Wildman–Crippen MR) is 146 cm³/mol. The van der Waals surface area contributed by atoms with Crippen LogP contribution in [0.2, 0.25) is 0 Å². The second-order valence-corrected chi connectivity index (χ2v) is 9.43. The number of allylic oxidation sites excluding steroid dienone is 3. The van der Waals surface area contributed by atoms with E-state index in [0.717, 1.165) is 37.1 Å². The van der Waals surface area contributed by atoms with E-state index in [4.69, 9.17) is 5.41 Å². The van der Waals surface area contributed by atoms with Crippen LogP contribution in [0.15, 0.2) is 48.5 Å². The fourth-order valence-electron chi connectivity index (χ4n) is 4.13. The molecule has 0 spiro atoms. The first-order chi connectivity index (χ1) is 16.5. The molecule has 0 aliphatic heterocycles. The van der Waals surface area contributed by atoms with E-state index in [1.54, 1.807) is 13.0 Å². The lowest BCUT2D eigenvalue weighted by Gasteiger charge is -2.29. The number of aliphatic hydroxyl groups is 1. The number of alkyl halides is 1. The maximum Gasteiger partial charge on any atom is 0.130 e. The van der Waals surface area contributed by atoms with E-state index in [1.165, 1.54) is 25.3 Å². The highest BCUT2D eigenvalue weighted by Gasteiger charge is 2.28. The molecular weight excluding hydrogens is 444 g/mol. The summed E-state index contributed by atoms with van der Waals surface area (Å²) in [5.41, 5.74) is 2.69. The van der Waals surface area contributed by atoms with Gasteiger partial charge in [0.15, 0.2) is 0 Å². The quantitative estimate of drug-likeness (QED) is 0.0849. The van der Waals surface area contributed by atoms with Crippen molar-refractivity contribution in [2.45, 2.75) is 84.9 Å². The molecule has 4 N–H and O–H groups in total. The Balaban J connectivity index is 3.32. The average Bonchev–Trinajstić information content (AvgIpc) is 2.85. The molecule has 0 radical (unpaired) electrons. The van der Waals surface area contributed by atoms with Gasteiger partial charge in [0.25, 0.3) is 0 Å². The molecule has 0 saturated carbocycles. The first-order valence-electron chi connectivity index (χ1n) is 12.7. The first kappa shape index (κ1) is 30.7. The van der Waals surface area contributed by atoms with Crippen LogP contribution in [-0.2, 0) is 0 Å². The number of rotatable bonds is 16. The van der Waals surface area contributed by atoms with Gasteiger partial charge in [0.05, 0.1) is 0 Å². The number of hydrogen-bond donors (Lipinski definition) is 4. The monoisotopic (exact) mass is 489 g/mol. The van der Waals surface area contributed by atoms with Crippen molar-refractivity contribution in [2.24, 2.45) is 5.92 Å². The zero-order valence-corrected chi connectivity index (χ0v) is 22.3. The highest BCUT2D eigenvalue weighted by molar-refractivity contribution is 5.87. The van der Waals surface area contributed by atoms with E-state index in [2.05, 4.69) is 31.1 Å². The third-order valence-corrected chi connectivity index (χ3v) is 6.72. The van der Waals surface area contributed by atoms with Gasteiger partial charge in [0.2, 0.25) is 0 Å². The van der Waals surface area contributed by atoms with Crippen LogP contribution in [-0.4, -0.2) is 36.2 Å². The average molecular weight is 490 g/mol. The second-order valence-electron chi connectivity index (χ2n) is 9.43. The Kier molecular flexibility index (Phi) is 13.1. The molecule has 0 aromatic heterocycles. The van der Waals surface area contributed by atoms with Gasteiger partial charge < -0.3 is 21.1 Å². The second kappa shape index (κ2) is 14.9. The summed E-state index contributed by atoms with van der Waals surface area (Å²) in [5.74, 6) is -0.276. The summed E-state index contributed by atoms with van der Waals surface area (Å²) < 4.78 is 28.9. The molecule has 1 rings (SSSR count). The Hall–Kier alpha value is -2.31. The van der Waals surface area contributed by atoms with Crippen molar-refractivity contribution in [2.75, 3.05) is 18.4 Å². The van der Waals surface area contributed by atoms with Gasteiger partial charge in [-0.2, -0.15) is 0 Å². The van der Waals surface area contributed by atoms with Gasteiger partial charge in [-0.15, -0.1) is 0 Å². The molecule has 196 valence electrons. The molecule has 0 aliphatic rings. The van der Waals surface area contributed by atoms with Gasteiger partial charge in [0, 0.05) is 29.7 Å². The van der Waals surface area contributed by atoms with Gasteiger partial charge in [-0.3, -0.25) is 0 Å². The minimum atomic E-state index is -1.35.